The number of pyridine rings is 1. The molecule has 64 valence electrons. The van der Waals surface area contributed by atoms with Crippen LogP contribution >= 0.6 is 0 Å². The number of nitrogens with zero attached hydrogens (tertiary/aromatic N) is 1. The van der Waals surface area contributed by atoms with Crippen molar-refractivity contribution in [3.8, 4) is 0 Å². The maximum absolute atomic E-state index is 5.77. The normalized spacial score (nSPS) is 16.3. The molecule has 1 aliphatic carbocycles. The molecule has 0 unspecified atom stereocenters. The molecular weight excluding hydrogens is 150 g/mol. The largest absolute Gasteiger partial charge is 0.397 e. The summed E-state index contributed by atoms with van der Waals surface area (Å²) in [5.41, 5.74) is 13.7. The van der Waals surface area contributed by atoms with Gasteiger partial charge in [-0.1, -0.05) is 0 Å². The Hall–Kier alpha value is -1.25. The molecule has 0 aromatic carbocycles. The Balaban J connectivity index is 2.23. The summed E-state index contributed by atoms with van der Waals surface area (Å²) in [6, 6.07) is 1.74. The Morgan fingerprint density at radius 1 is 1.42 bits per heavy atom. The Morgan fingerprint density at radius 3 is 2.83 bits per heavy atom. The average molecular weight is 163 g/mol. The van der Waals surface area contributed by atoms with Crippen LogP contribution in [0.25, 0.3) is 0 Å². The molecule has 3 heteroatoms. The molecule has 1 heterocycles. The molecule has 12 heavy (non-hydrogen) atoms. The smallest absolute Gasteiger partial charge is 0.0766 e. The van der Waals surface area contributed by atoms with E-state index in [-0.39, 0.29) is 0 Å². The number of hydrogen-bond acceptors (Lipinski definition) is 3. The molecular formula is C9H13N3. The minimum Gasteiger partial charge on any atom is -0.397 e. The van der Waals surface area contributed by atoms with Crippen LogP contribution < -0.4 is 11.5 Å². The van der Waals surface area contributed by atoms with E-state index in [1.165, 1.54) is 12.8 Å². The molecule has 1 fully saturated rings. The molecule has 1 saturated carbocycles. The number of nitrogen functional groups attached to an aromatic ring is 2. The van der Waals surface area contributed by atoms with E-state index in [1.54, 1.807) is 12.3 Å². The highest BCUT2D eigenvalue weighted by Gasteiger charge is 2.23. The average Bonchev–Trinajstić information content (AvgIpc) is 2.83. The summed E-state index contributed by atoms with van der Waals surface area (Å²) < 4.78 is 0. The first-order chi connectivity index (χ1) is 5.77. The van der Waals surface area contributed by atoms with Crippen molar-refractivity contribution in [1.82, 2.24) is 4.98 Å². The molecule has 1 aromatic heterocycles. The first-order valence-corrected chi connectivity index (χ1v) is 4.26. The summed E-state index contributed by atoms with van der Waals surface area (Å²) in [5, 5.41) is 0. The Labute approximate surface area is 71.8 Å². The molecule has 0 saturated heterocycles. The first kappa shape index (κ1) is 7.40. The number of aromatic nitrogens is 1. The molecule has 0 radical (unpaired) electrons. The van der Waals surface area contributed by atoms with Gasteiger partial charge in [-0.15, -0.1) is 0 Å². The van der Waals surface area contributed by atoms with Crippen LogP contribution in [0.15, 0.2) is 12.3 Å². The third-order valence-corrected chi connectivity index (χ3v) is 2.29. The lowest BCUT2D eigenvalue weighted by Crippen LogP contribution is -2.02. The van der Waals surface area contributed by atoms with Crippen molar-refractivity contribution in [2.45, 2.75) is 19.3 Å². The maximum atomic E-state index is 5.77. The second-order valence-corrected chi connectivity index (χ2v) is 3.41. The standard InChI is InChI=1S/C9H13N3/c10-7-3-4-12-8(9(7)11)5-6-1-2-6/h3-4,6H,1-2,5,11H2,(H2,10,12). The zero-order chi connectivity index (χ0) is 8.55. The lowest BCUT2D eigenvalue weighted by Gasteiger charge is -2.05. The van der Waals surface area contributed by atoms with Gasteiger partial charge in [-0.05, 0) is 31.2 Å². The van der Waals surface area contributed by atoms with Gasteiger partial charge in [0.05, 0.1) is 17.1 Å². The van der Waals surface area contributed by atoms with Crippen LogP contribution in [0.3, 0.4) is 0 Å². The zero-order valence-corrected chi connectivity index (χ0v) is 6.96. The Morgan fingerprint density at radius 2 is 2.17 bits per heavy atom. The fourth-order valence-corrected chi connectivity index (χ4v) is 1.29. The van der Waals surface area contributed by atoms with E-state index in [1.807, 2.05) is 0 Å². The van der Waals surface area contributed by atoms with E-state index >= 15 is 0 Å². The van der Waals surface area contributed by atoms with Crippen molar-refractivity contribution >= 4 is 11.4 Å². The second-order valence-electron chi connectivity index (χ2n) is 3.41. The van der Waals surface area contributed by atoms with E-state index in [9.17, 15) is 0 Å². The van der Waals surface area contributed by atoms with Gasteiger partial charge in [0.25, 0.3) is 0 Å². The van der Waals surface area contributed by atoms with Crippen molar-refractivity contribution in [3.63, 3.8) is 0 Å². The van der Waals surface area contributed by atoms with Crippen molar-refractivity contribution in [1.29, 1.82) is 0 Å². The van der Waals surface area contributed by atoms with Crippen molar-refractivity contribution in [2.75, 3.05) is 11.5 Å². The SMILES string of the molecule is Nc1ccnc(CC2CC2)c1N. The Kier molecular flexibility index (Phi) is 1.64. The topological polar surface area (TPSA) is 64.9 Å². The number of nitrogens with two attached hydrogens (primary N) is 2. The molecule has 0 aliphatic heterocycles. The quantitative estimate of drug-likeness (QED) is 0.688. The van der Waals surface area contributed by atoms with Gasteiger partial charge in [-0.3, -0.25) is 4.98 Å². The van der Waals surface area contributed by atoms with Gasteiger partial charge in [-0.25, -0.2) is 0 Å². The predicted molar refractivity (Wildman–Crippen MR) is 49.5 cm³/mol. The second kappa shape index (κ2) is 2.66. The molecule has 4 N–H and O–H groups in total. The van der Waals surface area contributed by atoms with Crippen LogP contribution in [0.2, 0.25) is 0 Å². The van der Waals surface area contributed by atoms with E-state index in [0.29, 0.717) is 11.4 Å². The van der Waals surface area contributed by atoms with Crippen LogP contribution in [-0.4, -0.2) is 4.98 Å². The lowest BCUT2D eigenvalue weighted by atomic mass is 10.1. The molecule has 0 atom stereocenters. The fraction of sp³-hybridized carbons (Fsp3) is 0.444. The summed E-state index contributed by atoms with van der Waals surface area (Å²) in [7, 11) is 0. The fourth-order valence-electron chi connectivity index (χ4n) is 1.29. The number of anilines is 2. The van der Waals surface area contributed by atoms with Crippen LogP contribution in [0, 0.1) is 5.92 Å². The van der Waals surface area contributed by atoms with Crippen LogP contribution in [-0.2, 0) is 6.42 Å². The zero-order valence-electron chi connectivity index (χ0n) is 6.96. The van der Waals surface area contributed by atoms with Crippen molar-refractivity contribution in [3.05, 3.63) is 18.0 Å². The van der Waals surface area contributed by atoms with Crippen LogP contribution in [0.5, 0.6) is 0 Å². The summed E-state index contributed by atoms with van der Waals surface area (Å²) in [4.78, 5) is 4.21. The van der Waals surface area contributed by atoms with E-state index in [4.69, 9.17) is 11.5 Å². The van der Waals surface area contributed by atoms with Gasteiger partial charge < -0.3 is 11.5 Å². The van der Waals surface area contributed by atoms with Crippen molar-refractivity contribution < 1.29 is 0 Å². The highest BCUT2D eigenvalue weighted by molar-refractivity contribution is 5.64. The summed E-state index contributed by atoms with van der Waals surface area (Å²) in [5.74, 6) is 0.807. The van der Waals surface area contributed by atoms with E-state index in [2.05, 4.69) is 4.98 Å². The van der Waals surface area contributed by atoms with Gasteiger partial charge in [0.15, 0.2) is 0 Å². The van der Waals surface area contributed by atoms with Gasteiger partial charge in [0.2, 0.25) is 0 Å². The van der Waals surface area contributed by atoms with Crippen LogP contribution in [0.4, 0.5) is 11.4 Å². The highest BCUT2D eigenvalue weighted by atomic mass is 14.8. The lowest BCUT2D eigenvalue weighted by molar-refractivity contribution is 0.807. The summed E-state index contributed by atoms with van der Waals surface area (Å²) >= 11 is 0. The minimum atomic E-state index is 0.653. The number of hydrogen-bond donors (Lipinski definition) is 2. The third kappa shape index (κ3) is 1.35. The van der Waals surface area contributed by atoms with Crippen LogP contribution in [0.1, 0.15) is 18.5 Å². The van der Waals surface area contributed by atoms with Crippen molar-refractivity contribution in [2.24, 2.45) is 5.92 Å². The molecule has 0 spiro atoms. The summed E-state index contributed by atoms with van der Waals surface area (Å²) in [6.45, 7) is 0. The molecule has 2 rings (SSSR count). The highest BCUT2D eigenvalue weighted by Crippen LogP contribution is 2.34. The predicted octanol–water partition coefficient (Wildman–Crippen LogP) is 1.20. The monoisotopic (exact) mass is 163 g/mol. The number of rotatable bonds is 2. The van der Waals surface area contributed by atoms with E-state index in [0.717, 1.165) is 18.0 Å². The molecule has 0 amide bonds. The Bertz CT molecular complexity index is 292. The molecule has 1 aliphatic rings. The molecule has 0 bridgehead atoms. The van der Waals surface area contributed by atoms with Gasteiger partial charge in [0, 0.05) is 6.20 Å². The van der Waals surface area contributed by atoms with Gasteiger partial charge in [0.1, 0.15) is 0 Å². The molecule has 3 nitrogen and oxygen atoms in total. The van der Waals surface area contributed by atoms with E-state index < -0.39 is 0 Å². The summed E-state index contributed by atoms with van der Waals surface area (Å²) in [6.07, 6.45) is 5.35. The van der Waals surface area contributed by atoms with Gasteiger partial charge in [-0.2, -0.15) is 0 Å². The molecule has 1 aromatic rings. The first-order valence-electron chi connectivity index (χ1n) is 4.26. The maximum Gasteiger partial charge on any atom is 0.0766 e. The third-order valence-electron chi connectivity index (χ3n) is 2.29. The minimum absolute atomic E-state index is 0.653. The van der Waals surface area contributed by atoms with Gasteiger partial charge >= 0.3 is 0 Å².